The number of hydrogen-bond acceptors (Lipinski definition) is 4. The van der Waals surface area contributed by atoms with Crippen molar-refractivity contribution in [1.82, 2.24) is 10.2 Å². The number of benzene rings is 1. The third-order valence-electron chi connectivity index (χ3n) is 4.65. The first kappa shape index (κ1) is 18.0. The average molecular weight is 347 g/mol. The number of guanidine groups is 1. The molecule has 2 aliphatic heterocycles. The van der Waals surface area contributed by atoms with Crippen LogP contribution in [0.1, 0.15) is 25.3 Å². The van der Waals surface area contributed by atoms with Crippen LogP contribution in [-0.4, -0.2) is 63.0 Å². The molecule has 2 unspecified atom stereocenters. The van der Waals surface area contributed by atoms with Crippen LogP contribution in [0.4, 0.5) is 0 Å². The van der Waals surface area contributed by atoms with Gasteiger partial charge in [-0.15, -0.1) is 0 Å². The molecule has 2 fully saturated rings. The Bertz CT molecular complexity index is 573. The number of rotatable bonds is 5. The maximum atomic E-state index is 5.95. The number of morpholine rings is 1. The Labute approximate surface area is 150 Å². The molecule has 1 aromatic rings. The Morgan fingerprint density at radius 2 is 2.20 bits per heavy atom. The van der Waals surface area contributed by atoms with Crippen LogP contribution in [0.25, 0.3) is 0 Å². The van der Waals surface area contributed by atoms with E-state index in [4.69, 9.17) is 19.2 Å². The SMILES string of the molecule is CCNC(=NCc1cccc(OC)c1)N1CCOC(C2CCCO2)C1. The molecule has 6 nitrogen and oxygen atoms in total. The fourth-order valence-corrected chi connectivity index (χ4v) is 3.35. The second-order valence-corrected chi connectivity index (χ2v) is 6.43. The number of hydrogen-bond donors (Lipinski definition) is 1. The minimum atomic E-state index is 0.136. The van der Waals surface area contributed by atoms with Gasteiger partial charge < -0.3 is 24.4 Å². The zero-order chi connectivity index (χ0) is 17.5. The van der Waals surface area contributed by atoms with Crippen molar-refractivity contribution >= 4 is 5.96 Å². The summed E-state index contributed by atoms with van der Waals surface area (Å²) in [6.07, 6.45) is 2.59. The highest BCUT2D eigenvalue weighted by Crippen LogP contribution is 2.21. The van der Waals surface area contributed by atoms with Crippen LogP contribution < -0.4 is 10.1 Å². The number of aliphatic imine (C=N–C) groups is 1. The predicted octanol–water partition coefficient (Wildman–Crippen LogP) is 2.04. The zero-order valence-corrected chi connectivity index (χ0v) is 15.2. The van der Waals surface area contributed by atoms with Crippen LogP contribution in [0.15, 0.2) is 29.3 Å². The molecule has 0 aromatic heterocycles. The van der Waals surface area contributed by atoms with Crippen molar-refractivity contribution in [2.24, 2.45) is 4.99 Å². The van der Waals surface area contributed by atoms with E-state index < -0.39 is 0 Å². The molecule has 1 aromatic carbocycles. The van der Waals surface area contributed by atoms with Crippen molar-refractivity contribution < 1.29 is 14.2 Å². The Morgan fingerprint density at radius 3 is 2.96 bits per heavy atom. The summed E-state index contributed by atoms with van der Waals surface area (Å²) in [5, 5.41) is 3.41. The molecule has 3 rings (SSSR count). The Balaban J connectivity index is 1.66. The smallest absolute Gasteiger partial charge is 0.194 e. The first-order valence-corrected chi connectivity index (χ1v) is 9.19. The quantitative estimate of drug-likeness (QED) is 0.653. The van der Waals surface area contributed by atoms with Gasteiger partial charge in [0.05, 0.1) is 26.4 Å². The van der Waals surface area contributed by atoms with E-state index in [1.807, 2.05) is 18.2 Å². The topological polar surface area (TPSA) is 55.3 Å². The first-order chi connectivity index (χ1) is 12.3. The second kappa shape index (κ2) is 9.06. The maximum absolute atomic E-state index is 5.95. The van der Waals surface area contributed by atoms with Gasteiger partial charge in [0.1, 0.15) is 11.9 Å². The molecule has 0 bridgehead atoms. The fourth-order valence-electron chi connectivity index (χ4n) is 3.35. The average Bonchev–Trinajstić information content (AvgIpc) is 3.20. The molecule has 2 saturated heterocycles. The third kappa shape index (κ3) is 4.86. The van der Waals surface area contributed by atoms with Gasteiger partial charge in [-0.3, -0.25) is 0 Å². The van der Waals surface area contributed by atoms with E-state index in [0.29, 0.717) is 13.2 Å². The van der Waals surface area contributed by atoms with Crippen molar-refractivity contribution in [3.8, 4) is 5.75 Å². The van der Waals surface area contributed by atoms with E-state index in [-0.39, 0.29) is 12.2 Å². The number of nitrogens with one attached hydrogen (secondary N) is 1. The van der Waals surface area contributed by atoms with Crippen LogP contribution in [-0.2, 0) is 16.0 Å². The normalized spacial score (nSPS) is 24.4. The van der Waals surface area contributed by atoms with Crippen molar-refractivity contribution in [1.29, 1.82) is 0 Å². The first-order valence-electron chi connectivity index (χ1n) is 9.19. The van der Waals surface area contributed by atoms with Crippen LogP contribution in [0, 0.1) is 0 Å². The highest BCUT2D eigenvalue weighted by molar-refractivity contribution is 5.80. The molecular weight excluding hydrogens is 318 g/mol. The number of nitrogens with zero attached hydrogens (tertiary/aromatic N) is 2. The van der Waals surface area contributed by atoms with Gasteiger partial charge in [0.2, 0.25) is 0 Å². The lowest BCUT2D eigenvalue weighted by molar-refractivity contribution is -0.0817. The number of methoxy groups -OCH3 is 1. The highest BCUT2D eigenvalue weighted by Gasteiger charge is 2.32. The van der Waals surface area contributed by atoms with Gasteiger partial charge in [-0.25, -0.2) is 4.99 Å². The molecule has 2 atom stereocenters. The largest absolute Gasteiger partial charge is 0.497 e. The standard InChI is InChI=1S/C19H29N3O3/c1-3-20-19(21-13-15-6-4-7-16(12-15)23-2)22-9-11-25-18(14-22)17-8-5-10-24-17/h4,6-7,12,17-18H,3,5,8-11,13-14H2,1-2H3,(H,20,21). The van der Waals surface area contributed by atoms with E-state index >= 15 is 0 Å². The lowest BCUT2D eigenvalue weighted by atomic mass is 10.1. The highest BCUT2D eigenvalue weighted by atomic mass is 16.5. The van der Waals surface area contributed by atoms with Gasteiger partial charge in [-0.05, 0) is 37.5 Å². The van der Waals surface area contributed by atoms with E-state index in [1.165, 1.54) is 0 Å². The Hall–Kier alpha value is -1.79. The fraction of sp³-hybridized carbons (Fsp3) is 0.632. The molecule has 0 aliphatic carbocycles. The second-order valence-electron chi connectivity index (χ2n) is 6.43. The minimum Gasteiger partial charge on any atom is -0.497 e. The van der Waals surface area contributed by atoms with Crippen LogP contribution in [0.2, 0.25) is 0 Å². The summed E-state index contributed by atoms with van der Waals surface area (Å²) in [6, 6.07) is 8.05. The predicted molar refractivity (Wildman–Crippen MR) is 98.1 cm³/mol. The van der Waals surface area contributed by atoms with Gasteiger partial charge in [-0.2, -0.15) is 0 Å². The lowest BCUT2D eigenvalue weighted by Crippen LogP contribution is -2.53. The van der Waals surface area contributed by atoms with E-state index in [0.717, 1.165) is 56.4 Å². The van der Waals surface area contributed by atoms with E-state index in [1.54, 1.807) is 7.11 Å². The van der Waals surface area contributed by atoms with Gasteiger partial charge in [-0.1, -0.05) is 12.1 Å². The summed E-state index contributed by atoms with van der Waals surface area (Å²) >= 11 is 0. The monoisotopic (exact) mass is 347 g/mol. The zero-order valence-electron chi connectivity index (χ0n) is 15.2. The molecule has 0 radical (unpaired) electrons. The van der Waals surface area contributed by atoms with Gasteiger partial charge in [0.15, 0.2) is 5.96 Å². The van der Waals surface area contributed by atoms with E-state index in [9.17, 15) is 0 Å². The van der Waals surface area contributed by atoms with Gasteiger partial charge in [0.25, 0.3) is 0 Å². The van der Waals surface area contributed by atoms with Crippen molar-refractivity contribution in [2.45, 2.75) is 38.5 Å². The van der Waals surface area contributed by atoms with Crippen LogP contribution >= 0.6 is 0 Å². The molecular formula is C19H29N3O3. The van der Waals surface area contributed by atoms with Crippen LogP contribution in [0.5, 0.6) is 5.75 Å². The molecule has 2 heterocycles. The van der Waals surface area contributed by atoms with E-state index in [2.05, 4.69) is 23.2 Å². The van der Waals surface area contributed by atoms with Gasteiger partial charge in [0, 0.05) is 26.2 Å². The Morgan fingerprint density at radius 1 is 1.32 bits per heavy atom. The molecule has 1 N–H and O–H groups in total. The van der Waals surface area contributed by atoms with Crippen molar-refractivity contribution in [3.05, 3.63) is 29.8 Å². The van der Waals surface area contributed by atoms with Crippen molar-refractivity contribution in [3.63, 3.8) is 0 Å². The molecule has 138 valence electrons. The molecule has 0 amide bonds. The molecule has 6 heteroatoms. The summed E-state index contributed by atoms with van der Waals surface area (Å²) in [6.45, 7) is 6.82. The molecule has 25 heavy (non-hydrogen) atoms. The van der Waals surface area contributed by atoms with Crippen LogP contribution in [0.3, 0.4) is 0 Å². The number of ether oxygens (including phenoxy) is 3. The third-order valence-corrected chi connectivity index (χ3v) is 4.65. The summed E-state index contributed by atoms with van der Waals surface area (Å²) in [5.41, 5.74) is 1.14. The summed E-state index contributed by atoms with van der Waals surface area (Å²) in [4.78, 5) is 7.11. The summed E-state index contributed by atoms with van der Waals surface area (Å²) < 4.78 is 17.0. The minimum absolute atomic E-state index is 0.136. The van der Waals surface area contributed by atoms with Gasteiger partial charge >= 0.3 is 0 Å². The molecule has 0 spiro atoms. The summed E-state index contributed by atoms with van der Waals surface area (Å²) in [7, 11) is 1.69. The molecule has 0 saturated carbocycles. The molecule has 2 aliphatic rings. The lowest BCUT2D eigenvalue weighted by Gasteiger charge is -2.37. The Kier molecular flexibility index (Phi) is 6.53. The van der Waals surface area contributed by atoms with Crippen molar-refractivity contribution in [2.75, 3.05) is 40.0 Å². The maximum Gasteiger partial charge on any atom is 0.194 e. The summed E-state index contributed by atoms with van der Waals surface area (Å²) in [5.74, 6) is 1.80.